The standard InChI is InChI=1S/C6H5NO3/c8-3-5-4(6(9)10)1-2-7-5/h1,7H,2H2,(H,9,10). The summed E-state index contributed by atoms with van der Waals surface area (Å²) in [4.78, 5) is 20.3. The van der Waals surface area contributed by atoms with E-state index in [0.29, 0.717) is 6.54 Å². The Morgan fingerprint density at radius 2 is 2.50 bits per heavy atom. The predicted octanol–water partition coefficient (Wildman–Crippen LogP) is -0.684. The van der Waals surface area contributed by atoms with Crippen LogP contribution in [-0.4, -0.2) is 23.6 Å². The Balaban J connectivity index is 2.96. The fourth-order valence-corrected chi connectivity index (χ4v) is 0.738. The summed E-state index contributed by atoms with van der Waals surface area (Å²) in [7, 11) is 0. The number of carbonyl (C=O) groups is 1. The fraction of sp³-hybridized carbons (Fsp3) is 0.167. The van der Waals surface area contributed by atoms with E-state index >= 15 is 0 Å². The lowest BCUT2D eigenvalue weighted by atomic mass is 10.2. The van der Waals surface area contributed by atoms with E-state index in [1.165, 1.54) is 12.0 Å². The highest BCUT2D eigenvalue weighted by Crippen LogP contribution is 2.08. The van der Waals surface area contributed by atoms with Crippen molar-refractivity contribution in [2.45, 2.75) is 0 Å². The lowest BCUT2D eigenvalue weighted by molar-refractivity contribution is -0.132. The average molecular weight is 139 g/mol. The molecule has 1 heterocycles. The molecule has 0 aromatic heterocycles. The maximum Gasteiger partial charge on any atom is 0.338 e. The molecular weight excluding hydrogens is 134 g/mol. The number of carbonyl (C=O) groups excluding carboxylic acids is 1. The van der Waals surface area contributed by atoms with E-state index in [9.17, 15) is 9.59 Å². The molecule has 1 aliphatic rings. The van der Waals surface area contributed by atoms with Crippen LogP contribution < -0.4 is 5.32 Å². The first-order valence-corrected chi connectivity index (χ1v) is 2.68. The third kappa shape index (κ3) is 0.921. The lowest BCUT2D eigenvalue weighted by Crippen LogP contribution is -2.10. The molecule has 4 nitrogen and oxygen atoms in total. The first-order chi connectivity index (χ1) is 4.75. The molecule has 0 aliphatic carbocycles. The summed E-state index contributed by atoms with van der Waals surface area (Å²) in [5.41, 5.74) is 0.0440. The highest BCUT2D eigenvalue weighted by Gasteiger charge is 2.17. The van der Waals surface area contributed by atoms with Gasteiger partial charge in [-0.05, 0) is 6.08 Å². The van der Waals surface area contributed by atoms with E-state index in [1.807, 2.05) is 0 Å². The molecular formula is C6H5NO3. The average Bonchev–Trinajstić information content (AvgIpc) is 2.33. The molecule has 1 rings (SSSR count). The largest absolute Gasteiger partial charge is 0.478 e. The maximum atomic E-state index is 10.3. The Morgan fingerprint density at radius 3 is 2.90 bits per heavy atom. The topological polar surface area (TPSA) is 66.4 Å². The van der Waals surface area contributed by atoms with Crippen molar-refractivity contribution in [2.75, 3.05) is 6.54 Å². The van der Waals surface area contributed by atoms with Crippen LogP contribution in [0.3, 0.4) is 0 Å². The van der Waals surface area contributed by atoms with Crippen molar-refractivity contribution < 1.29 is 14.7 Å². The zero-order valence-corrected chi connectivity index (χ0v) is 5.05. The molecule has 0 amide bonds. The van der Waals surface area contributed by atoms with Crippen LogP contribution in [0, 0.1) is 0 Å². The van der Waals surface area contributed by atoms with Gasteiger partial charge in [0.25, 0.3) is 0 Å². The first-order valence-electron chi connectivity index (χ1n) is 2.68. The van der Waals surface area contributed by atoms with Crippen molar-refractivity contribution in [1.29, 1.82) is 0 Å². The Hall–Kier alpha value is -1.54. The number of carboxylic acid groups (broad SMARTS) is 1. The Bertz CT molecular complexity index is 248. The third-order valence-corrected chi connectivity index (χ3v) is 1.19. The number of hydrogen-bond donors (Lipinski definition) is 2. The molecule has 0 unspecified atom stereocenters. The smallest absolute Gasteiger partial charge is 0.338 e. The molecule has 2 N–H and O–H groups in total. The highest BCUT2D eigenvalue weighted by molar-refractivity contribution is 5.95. The quantitative estimate of drug-likeness (QED) is 0.472. The van der Waals surface area contributed by atoms with E-state index in [1.54, 1.807) is 0 Å². The lowest BCUT2D eigenvalue weighted by Gasteiger charge is -1.92. The van der Waals surface area contributed by atoms with Crippen molar-refractivity contribution in [3.63, 3.8) is 0 Å². The summed E-state index contributed by atoms with van der Waals surface area (Å²) in [5, 5.41) is 11.0. The van der Waals surface area contributed by atoms with E-state index in [4.69, 9.17) is 5.11 Å². The summed E-state index contributed by atoms with van der Waals surface area (Å²) in [6.45, 7) is 0.395. The van der Waals surface area contributed by atoms with E-state index < -0.39 is 5.97 Å². The zero-order valence-electron chi connectivity index (χ0n) is 5.05. The van der Waals surface area contributed by atoms with Crippen LogP contribution in [0.2, 0.25) is 0 Å². The van der Waals surface area contributed by atoms with Gasteiger partial charge in [0.1, 0.15) is 5.70 Å². The van der Waals surface area contributed by atoms with Crippen LogP contribution in [0.25, 0.3) is 0 Å². The number of hydrogen-bond acceptors (Lipinski definition) is 3. The molecule has 10 heavy (non-hydrogen) atoms. The van der Waals surface area contributed by atoms with Gasteiger partial charge in [0, 0.05) is 6.54 Å². The van der Waals surface area contributed by atoms with Gasteiger partial charge >= 0.3 is 5.97 Å². The number of carboxylic acids is 1. The molecule has 0 spiro atoms. The second-order valence-electron chi connectivity index (χ2n) is 1.78. The molecule has 1 aliphatic heterocycles. The summed E-state index contributed by atoms with van der Waals surface area (Å²) in [6, 6.07) is 0. The normalized spacial score (nSPS) is 15.6. The predicted molar refractivity (Wildman–Crippen MR) is 32.9 cm³/mol. The van der Waals surface area contributed by atoms with Crippen LogP contribution in [0.15, 0.2) is 17.3 Å². The summed E-state index contributed by atoms with van der Waals surface area (Å²) >= 11 is 0. The third-order valence-electron chi connectivity index (χ3n) is 1.19. The molecule has 0 fully saturated rings. The monoisotopic (exact) mass is 139 g/mol. The molecule has 0 saturated heterocycles. The molecule has 0 aromatic carbocycles. The molecule has 0 atom stereocenters. The van der Waals surface area contributed by atoms with Gasteiger partial charge in [0.2, 0.25) is 0 Å². The maximum absolute atomic E-state index is 10.3. The zero-order chi connectivity index (χ0) is 7.56. The second kappa shape index (κ2) is 2.37. The first kappa shape index (κ1) is 6.58. The van der Waals surface area contributed by atoms with Crippen LogP contribution in [0.4, 0.5) is 0 Å². The van der Waals surface area contributed by atoms with Gasteiger partial charge in [-0.1, -0.05) is 0 Å². The van der Waals surface area contributed by atoms with Crippen LogP contribution in [0.1, 0.15) is 0 Å². The van der Waals surface area contributed by atoms with Gasteiger partial charge in [-0.25, -0.2) is 9.59 Å². The Labute approximate surface area is 56.8 Å². The van der Waals surface area contributed by atoms with Gasteiger partial charge in [-0.2, -0.15) is 0 Å². The minimum absolute atomic E-state index is 0.00926. The number of aliphatic carboxylic acids is 1. The molecule has 0 aromatic rings. The summed E-state index contributed by atoms with van der Waals surface area (Å²) in [5.74, 6) is 0.408. The minimum Gasteiger partial charge on any atom is -0.478 e. The molecule has 0 saturated carbocycles. The van der Waals surface area contributed by atoms with E-state index in [2.05, 4.69) is 5.32 Å². The van der Waals surface area contributed by atoms with Gasteiger partial charge in [-0.15, -0.1) is 0 Å². The summed E-state index contributed by atoms with van der Waals surface area (Å²) in [6.07, 6.45) is 1.43. The molecule has 52 valence electrons. The number of rotatable bonds is 1. The Morgan fingerprint density at radius 1 is 1.80 bits per heavy atom. The van der Waals surface area contributed by atoms with Crippen molar-refractivity contribution in [2.24, 2.45) is 0 Å². The van der Waals surface area contributed by atoms with Crippen molar-refractivity contribution in [3.05, 3.63) is 17.3 Å². The van der Waals surface area contributed by atoms with Crippen molar-refractivity contribution >= 4 is 11.9 Å². The number of nitrogens with one attached hydrogen (secondary N) is 1. The minimum atomic E-state index is -1.09. The van der Waals surface area contributed by atoms with Crippen molar-refractivity contribution in [1.82, 2.24) is 5.32 Å². The van der Waals surface area contributed by atoms with Gasteiger partial charge in [0.15, 0.2) is 5.94 Å². The molecule has 0 bridgehead atoms. The Kier molecular flexibility index (Phi) is 1.56. The summed E-state index contributed by atoms with van der Waals surface area (Å²) < 4.78 is 0. The van der Waals surface area contributed by atoms with E-state index in [-0.39, 0.29) is 11.3 Å². The van der Waals surface area contributed by atoms with Gasteiger partial charge in [-0.3, -0.25) is 0 Å². The van der Waals surface area contributed by atoms with Gasteiger partial charge < -0.3 is 10.4 Å². The SMILES string of the molecule is O=C=C1NCC=C1C(=O)O. The van der Waals surface area contributed by atoms with Crippen LogP contribution in [0.5, 0.6) is 0 Å². The highest BCUT2D eigenvalue weighted by atomic mass is 16.4. The molecule has 0 radical (unpaired) electrons. The van der Waals surface area contributed by atoms with Crippen LogP contribution in [-0.2, 0) is 9.59 Å². The van der Waals surface area contributed by atoms with E-state index in [0.717, 1.165) is 0 Å². The molecule has 4 heteroatoms. The van der Waals surface area contributed by atoms with Crippen LogP contribution >= 0.6 is 0 Å². The fourth-order valence-electron chi connectivity index (χ4n) is 0.738. The second-order valence-corrected chi connectivity index (χ2v) is 1.78. The van der Waals surface area contributed by atoms with Crippen molar-refractivity contribution in [3.8, 4) is 0 Å². The van der Waals surface area contributed by atoms with Gasteiger partial charge in [0.05, 0.1) is 5.57 Å².